The van der Waals surface area contributed by atoms with Crippen molar-refractivity contribution in [2.75, 3.05) is 11.9 Å². The zero-order valence-corrected chi connectivity index (χ0v) is 14.9. The van der Waals surface area contributed by atoms with Gasteiger partial charge in [-0.25, -0.2) is 4.98 Å². The third-order valence-corrected chi connectivity index (χ3v) is 5.42. The second-order valence-electron chi connectivity index (χ2n) is 5.30. The molecule has 0 spiro atoms. The molecule has 0 unspecified atom stereocenters. The first-order chi connectivity index (χ1) is 12.2. The van der Waals surface area contributed by atoms with E-state index in [9.17, 15) is 4.79 Å². The number of amides is 1. The second kappa shape index (κ2) is 6.62. The van der Waals surface area contributed by atoms with Crippen LogP contribution in [0.25, 0.3) is 22.7 Å². The second-order valence-corrected chi connectivity index (χ2v) is 7.08. The van der Waals surface area contributed by atoms with Gasteiger partial charge in [-0.2, -0.15) is 0 Å². The van der Waals surface area contributed by atoms with Crippen LogP contribution in [-0.4, -0.2) is 23.1 Å². The van der Waals surface area contributed by atoms with Gasteiger partial charge in [-0.3, -0.25) is 9.69 Å². The molecule has 0 aliphatic rings. The van der Waals surface area contributed by atoms with E-state index in [0.29, 0.717) is 21.5 Å². The van der Waals surface area contributed by atoms with Crippen molar-refractivity contribution in [2.24, 2.45) is 0 Å². The summed E-state index contributed by atoms with van der Waals surface area (Å²) < 4.78 is 5.42. The van der Waals surface area contributed by atoms with E-state index in [2.05, 4.69) is 10.1 Å². The number of rotatable bonds is 4. The van der Waals surface area contributed by atoms with Gasteiger partial charge in [0.1, 0.15) is 11.4 Å². The Labute approximate surface area is 152 Å². The van der Waals surface area contributed by atoms with E-state index in [-0.39, 0.29) is 5.91 Å². The van der Waals surface area contributed by atoms with E-state index in [0.717, 1.165) is 11.3 Å². The maximum Gasteiger partial charge on any atom is 0.269 e. The minimum Gasteiger partial charge on any atom is -0.354 e. The van der Waals surface area contributed by atoms with Gasteiger partial charge in [0.15, 0.2) is 10.9 Å². The normalized spacial score (nSPS) is 10.8. The first-order valence-corrected chi connectivity index (χ1v) is 9.28. The highest BCUT2D eigenvalue weighted by Crippen LogP contribution is 2.30. The molecular formula is C18H13N3O2S2. The Balaban J connectivity index is 1.57. The first kappa shape index (κ1) is 15.7. The van der Waals surface area contributed by atoms with Crippen LogP contribution in [0.15, 0.2) is 63.8 Å². The summed E-state index contributed by atoms with van der Waals surface area (Å²) in [6.07, 6.45) is 0. The monoisotopic (exact) mass is 367 g/mol. The summed E-state index contributed by atoms with van der Waals surface area (Å²) in [5.74, 6) is 0.511. The average molecular weight is 367 g/mol. The minimum atomic E-state index is -0.0709. The van der Waals surface area contributed by atoms with Crippen LogP contribution >= 0.6 is 22.7 Å². The number of thiazole rings is 1. The molecule has 4 rings (SSSR count). The number of carbonyl (C=O) groups excluding carboxylic acids is 1. The van der Waals surface area contributed by atoms with Crippen molar-refractivity contribution >= 4 is 33.7 Å². The fraction of sp³-hybridized carbons (Fsp3) is 0.0556. The van der Waals surface area contributed by atoms with E-state index in [1.807, 2.05) is 53.2 Å². The van der Waals surface area contributed by atoms with Crippen LogP contribution in [0, 0.1) is 0 Å². The predicted octanol–water partition coefficient (Wildman–Crippen LogP) is 4.80. The highest BCUT2D eigenvalue weighted by Gasteiger charge is 2.19. The molecular weight excluding hydrogens is 354 g/mol. The Hall–Kier alpha value is -2.77. The largest absolute Gasteiger partial charge is 0.354 e. The van der Waals surface area contributed by atoms with Crippen molar-refractivity contribution in [2.45, 2.75) is 0 Å². The van der Waals surface area contributed by atoms with E-state index in [4.69, 9.17) is 4.52 Å². The molecule has 0 aliphatic carbocycles. The number of aromatic nitrogens is 2. The van der Waals surface area contributed by atoms with Gasteiger partial charge in [0.25, 0.3) is 5.91 Å². The lowest BCUT2D eigenvalue weighted by Gasteiger charge is -2.11. The van der Waals surface area contributed by atoms with Crippen LogP contribution in [0.5, 0.6) is 0 Å². The van der Waals surface area contributed by atoms with Crippen molar-refractivity contribution in [3.8, 4) is 22.7 Å². The van der Waals surface area contributed by atoms with Crippen LogP contribution < -0.4 is 4.90 Å². The third kappa shape index (κ3) is 3.11. The van der Waals surface area contributed by atoms with Crippen LogP contribution in [0.2, 0.25) is 0 Å². The number of carbonyl (C=O) groups is 1. The van der Waals surface area contributed by atoms with Gasteiger partial charge >= 0.3 is 0 Å². The Morgan fingerprint density at radius 3 is 2.68 bits per heavy atom. The lowest BCUT2D eigenvalue weighted by atomic mass is 10.1. The van der Waals surface area contributed by atoms with Crippen LogP contribution in [0.3, 0.4) is 0 Å². The van der Waals surface area contributed by atoms with Crippen molar-refractivity contribution in [1.29, 1.82) is 0 Å². The Morgan fingerprint density at radius 1 is 1.08 bits per heavy atom. The Kier molecular flexibility index (Phi) is 4.17. The molecule has 0 N–H and O–H groups in total. The van der Waals surface area contributed by atoms with Crippen molar-refractivity contribution in [3.05, 3.63) is 64.2 Å². The van der Waals surface area contributed by atoms with Crippen molar-refractivity contribution in [1.82, 2.24) is 10.1 Å². The van der Waals surface area contributed by atoms with Crippen LogP contribution in [0.4, 0.5) is 5.13 Å². The standard InChI is InChI=1S/C18H13N3O2S2/c1-21(17(22)16-8-5-9-24-16)18-19-14(11-25-18)15-10-13(20-23-15)12-6-3-2-4-7-12/h2-11H,1H3. The molecule has 3 aromatic heterocycles. The summed E-state index contributed by atoms with van der Waals surface area (Å²) >= 11 is 2.81. The number of anilines is 1. The summed E-state index contributed by atoms with van der Waals surface area (Å²) in [4.78, 5) is 19.2. The molecule has 124 valence electrons. The molecule has 0 saturated heterocycles. The fourth-order valence-corrected chi connectivity index (χ4v) is 3.80. The zero-order chi connectivity index (χ0) is 17.2. The third-order valence-electron chi connectivity index (χ3n) is 3.65. The van der Waals surface area contributed by atoms with Gasteiger partial charge in [-0.15, -0.1) is 22.7 Å². The number of benzene rings is 1. The summed E-state index contributed by atoms with van der Waals surface area (Å²) in [6.45, 7) is 0. The lowest BCUT2D eigenvalue weighted by molar-refractivity contribution is 0.0997. The highest BCUT2D eigenvalue weighted by atomic mass is 32.1. The van der Waals surface area contributed by atoms with Crippen molar-refractivity contribution in [3.63, 3.8) is 0 Å². The zero-order valence-electron chi connectivity index (χ0n) is 13.2. The van der Waals surface area contributed by atoms with Gasteiger partial charge in [0, 0.05) is 24.1 Å². The summed E-state index contributed by atoms with van der Waals surface area (Å²) in [5.41, 5.74) is 2.41. The van der Waals surface area contributed by atoms with E-state index >= 15 is 0 Å². The molecule has 5 nitrogen and oxygen atoms in total. The SMILES string of the molecule is CN(C(=O)c1cccs1)c1nc(-c2cc(-c3ccccc3)no2)cs1. The molecule has 1 aromatic carbocycles. The Morgan fingerprint density at radius 2 is 1.92 bits per heavy atom. The summed E-state index contributed by atoms with van der Waals surface area (Å²) in [7, 11) is 1.72. The molecule has 0 saturated carbocycles. The summed E-state index contributed by atoms with van der Waals surface area (Å²) in [6, 6.07) is 15.3. The van der Waals surface area contributed by atoms with Gasteiger partial charge in [0.2, 0.25) is 0 Å². The van der Waals surface area contributed by atoms with Gasteiger partial charge < -0.3 is 4.52 Å². The Bertz CT molecular complexity index is 990. The van der Waals surface area contributed by atoms with Gasteiger partial charge in [-0.1, -0.05) is 41.6 Å². The molecule has 4 aromatic rings. The number of hydrogen-bond acceptors (Lipinski definition) is 6. The maximum absolute atomic E-state index is 12.4. The smallest absolute Gasteiger partial charge is 0.269 e. The van der Waals surface area contributed by atoms with Gasteiger partial charge in [0.05, 0.1) is 4.88 Å². The number of thiophene rings is 1. The van der Waals surface area contributed by atoms with Crippen molar-refractivity contribution < 1.29 is 9.32 Å². The van der Waals surface area contributed by atoms with E-state index in [1.165, 1.54) is 22.7 Å². The maximum atomic E-state index is 12.4. The van der Waals surface area contributed by atoms with E-state index < -0.39 is 0 Å². The average Bonchev–Trinajstić information content (AvgIpc) is 3.42. The minimum absolute atomic E-state index is 0.0709. The molecule has 0 radical (unpaired) electrons. The number of nitrogens with zero attached hydrogens (tertiary/aromatic N) is 3. The van der Waals surface area contributed by atoms with Crippen LogP contribution in [0.1, 0.15) is 9.67 Å². The molecule has 25 heavy (non-hydrogen) atoms. The molecule has 3 heterocycles. The first-order valence-electron chi connectivity index (χ1n) is 7.52. The highest BCUT2D eigenvalue weighted by molar-refractivity contribution is 7.14. The molecule has 0 bridgehead atoms. The predicted molar refractivity (Wildman–Crippen MR) is 100 cm³/mol. The fourth-order valence-electron chi connectivity index (χ4n) is 2.32. The molecule has 1 amide bonds. The van der Waals surface area contributed by atoms with Crippen LogP contribution in [-0.2, 0) is 0 Å². The molecule has 0 aliphatic heterocycles. The molecule has 0 fully saturated rings. The summed E-state index contributed by atoms with van der Waals surface area (Å²) in [5, 5.41) is 8.47. The van der Waals surface area contributed by atoms with Gasteiger partial charge in [-0.05, 0) is 11.4 Å². The quantitative estimate of drug-likeness (QED) is 0.520. The molecule has 7 heteroatoms. The van der Waals surface area contributed by atoms with E-state index in [1.54, 1.807) is 18.0 Å². The topological polar surface area (TPSA) is 59.2 Å². The molecule has 0 atom stereocenters. The number of hydrogen-bond donors (Lipinski definition) is 0. The lowest BCUT2D eigenvalue weighted by Crippen LogP contribution is -2.25.